The summed E-state index contributed by atoms with van der Waals surface area (Å²) in [5.41, 5.74) is 0.538. The number of nitro groups is 1. The summed E-state index contributed by atoms with van der Waals surface area (Å²) in [6.07, 6.45) is 0. The Kier molecular flexibility index (Phi) is 5.08. The number of halogens is 1. The van der Waals surface area contributed by atoms with Crippen molar-refractivity contribution >= 4 is 27.6 Å². The fourth-order valence-electron chi connectivity index (χ4n) is 1.46. The van der Waals surface area contributed by atoms with E-state index in [1.807, 2.05) is 0 Å². The zero-order valence-electron chi connectivity index (χ0n) is 9.94. The molecular weight excluding hydrogens is 306 g/mol. The van der Waals surface area contributed by atoms with Crippen molar-refractivity contribution in [2.24, 2.45) is 0 Å². The van der Waals surface area contributed by atoms with Crippen LogP contribution in [0.25, 0.3) is 0 Å². The Balaban J connectivity index is 3.39. The third kappa shape index (κ3) is 2.98. The van der Waals surface area contributed by atoms with Crippen LogP contribution in [0.2, 0.25) is 0 Å². The Morgan fingerprint density at radius 3 is 2.61 bits per heavy atom. The molecule has 0 amide bonds. The highest BCUT2D eigenvalue weighted by atomic mass is 79.9. The molecule has 7 heteroatoms. The minimum absolute atomic E-state index is 0.130. The summed E-state index contributed by atoms with van der Waals surface area (Å²) in [5, 5.41) is 11.1. The van der Waals surface area contributed by atoms with Crippen LogP contribution in [0.5, 0.6) is 5.75 Å². The van der Waals surface area contributed by atoms with Gasteiger partial charge in [0.15, 0.2) is 0 Å². The number of esters is 1. The van der Waals surface area contributed by atoms with E-state index in [0.717, 1.165) is 0 Å². The fraction of sp³-hybridized carbons (Fsp3) is 0.364. The normalized spacial score (nSPS) is 9.94. The highest BCUT2D eigenvalue weighted by Gasteiger charge is 2.22. The van der Waals surface area contributed by atoms with E-state index in [1.54, 1.807) is 6.92 Å². The lowest BCUT2D eigenvalue weighted by Gasteiger charge is -2.11. The van der Waals surface area contributed by atoms with Gasteiger partial charge in [0.05, 0.1) is 24.7 Å². The van der Waals surface area contributed by atoms with Crippen LogP contribution in [0, 0.1) is 10.1 Å². The second-order valence-corrected chi connectivity index (χ2v) is 3.85. The van der Waals surface area contributed by atoms with Gasteiger partial charge < -0.3 is 9.47 Å². The molecule has 6 nitrogen and oxygen atoms in total. The van der Waals surface area contributed by atoms with E-state index >= 15 is 0 Å². The maximum Gasteiger partial charge on any atom is 0.342 e. The van der Waals surface area contributed by atoms with E-state index < -0.39 is 10.9 Å². The van der Waals surface area contributed by atoms with E-state index in [-0.39, 0.29) is 23.6 Å². The first kappa shape index (κ1) is 14.4. The maximum absolute atomic E-state index is 11.8. The number of hydrogen-bond acceptors (Lipinski definition) is 5. The molecule has 1 rings (SSSR count). The summed E-state index contributed by atoms with van der Waals surface area (Å²) in [6.45, 7) is 1.91. The number of non-ortho nitro benzene ring substituents is 1. The lowest BCUT2D eigenvalue weighted by Crippen LogP contribution is -2.10. The predicted octanol–water partition coefficient (Wildman–Crippen LogP) is 2.68. The van der Waals surface area contributed by atoms with Gasteiger partial charge in [-0.1, -0.05) is 15.9 Å². The van der Waals surface area contributed by atoms with Crippen LogP contribution in [-0.4, -0.2) is 24.6 Å². The monoisotopic (exact) mass is 317 g/mol. The van der Waals surface area contributed by atoms with Gasteiger partial charge in [-0.3, -0.25) is 10.1 Å². The van der Waals surface area contributed by atoms with Crippen LogP contribution in [0.1, 0.15) is 22.8 Å². The molecule has 1 aromatic carbocycles. The summed E-state index contributed by atoms with van der Waals surface area (Å²) < 4.78 is 9.92. The molecule has 0 unspecified atom stereocenters. The third-order valence-electron chi connectivity index (χ3n) is 2.22. The smallest absolute Gasteiger partial charge is 0.342 e. The van der Waals surface area contributed by atoms with Crippen LogP contribution in [0.15, 0.2) is 12.1 Å². The molecule has 0 saturated heterocycles. The van der Waals surface area contributed by atoms with E-state index in [0.29, 0.717) is 10.9 Å². The average molecular weight is 318 g/mol. The van der Waals surface area contributed by atoms with E-state index in [4.69, 9.17) is 9.47 Å². The van der Waals surface area contributed by atoms with E-state index in [1.165, 1.54) is 19.2 Å². The Bertz CT molecular complexity index is 449. The zero-order valence-corrected chi connectivity index (χ0v) is 11.5. The first-order valence-electron chi connectivity index (χ1n) is 5.13. The number of nitro benzene ring substituents is 1. The second kappa shape index (κ2) is 6.34. The quantitative estimate of drug-likeness (QED) is 0.361. The molecule has 0 bridgehead atoms. The summed E-state index contributed by atoms with van der Waals surface area (Å²) in [7, 11) is 1.35. The topological polar surface area (TPSA) is 78.7 Å². The van der Waals surface area contributed by atoms with Gasteiger partial charge in [-0.25, -0.2) is 4.79 Å². The lowest BCUT2D eigenvalue weighted by molar-refractivity contribution is -0.385. The molecule has 0 saturated carbocycles. The number of nitrogens with zero attached hydrogens (tertiary/aromatic N) is 1. The van der Waals surface area contributed by atoms with Crippen molar-refractivity contribution in [2.45, 2.75) is 12.3 Å². The third-order valence-corrected chi connectivity index (χ3v) is 2.83. The molecule has 0 spiro atoms. The molecule has 0 aliphatic heterocycles. The standard InChI is InChI=1S/C11H12BrNO5/c1-3-18-11(14)10-7(6-12)4-8(13(15)16)5-9(10)17-2/h4-5H,3,6H2,1-2H3. The SMILES string of the molecule is CCOC(=O)c1c(CBr)cc([N+](=O)[O-])cc1OC. The number of carbonyl (C=O) groups excluding carboxylic acids is 1. The largest absolute Gasteiger partial charge is 0.496 e. The molecule has 98 valence electrons. The average Bonchev–Trinajstić information content (AvgIpc) is 2.36. The molecule has 0 aromatic heterocycles. The second-order valence-electron chi connectivity index (χ2n) is 3.29. The highest BCUT2D eigenvalue weighted by Crippen LogP contribution is 2.30. The van der Waals surface area contributed by atoms with E-state index in [9.17, 15) is 14.9 Å². The first-order valence-corrected chi connectivity index (χ1v) is 6.25. The van der Waals surface area contributed by atoms with Crippen LogP contribution < -0.4 is 4.74 Å². The number of rotatable bonds is 5. The molecule has 0 heterocycles. The zero-order chi connectivity index (χ0) is 13.7. The van der Waals surface area contributed by atoms with Gasteiger partial charge in [-0.2, -0.15) is 0 Å². The Hall–Kier alpha value is -1.63. The molecule has 0 radical (unpaired) electrons. The molecule has 1 aromatic rings. The predicted molar refractivity (Wildman–Crippen MR) is 68.2 cm³/mol. The molecule has 0 aliphatic rings. The molecule has 18 heavy (non-hydrogen) atoms. The highest BCUT2D eigenvalue weighted by molar-refractivity contribution is 9.08. The Labute approximate surface area is 112 Å². The summed E-state index contributed by atoms with van der Waals surface area (Å²) in [4.78, 5) is 22.0. The number of methoxy groups -OCH3 is 1. The van der Waals surface area contributed by atoms with Crippen molar-refractivity contribution in [3.63, 3.8) is 0 Å². The van der Waals surface area contributed by atoms with E-state index in [2.05, 4.69) is 15.9 Å². The van der Waals surface area contributed by atoms with Crippen molar-refractivity contribution in [1.82, 2.24) is 0 Å². The number of ether oxygens (including phenoxy) is 2. The van der Waals surface area contributed by atoms with Gasteiger partial charge in [-0.15, -0.1) is 0 Å². The summed E-state index contributed by atoms with van der Waals surface area (Å²) in [6, 6.07) is 2.53. The molecule has 0 atom stereocenters. The van der Waals surface area contributed by atoms with Gasteiger partial charge in [0, 0.05) is 11.4 Å². The van der Waals surface area contributed by atoms with Crippen molar-refractivity contribution in [1.29, 1.82) is 0 Å². The van der Waals surface area contributed by atoms with Crippen molar-refractivity contribution in [2.75, 3.05) is 13.7 Å². The van der Waals surface area contributed by atoms with Crippen LogP contribution >= 0.6 is 15.9 Å². The molecule has 0 fully saturated rings. The van der Waals surface area contributed by atoms with Gasteiger partial charge in [0.1, 0.15) is 11.3 Å². The number of benzene rings is 1. The summed E-state index contributed by atoms with van der Waals surface area (Å²) in [5.74, 6) is -0.421. The van der Waals surface area contributed by atoms with Gasteiger partial charge in [0.25, 0.3) is 5.69 Å². The molecule has 0 N–H and O–H groups in total. The lowest BCUT2D eigenvalue weighted by atomic mass is 10.1. The van der Waals surface area contributed by atoms with Gasteiger partial charge in [-0.05, 0) is 12.5 Å². The van der Waals surface area contributed by atoms with Crippen molar-refractivity contribution in [3.05, 3.63) is 33.4 Å². The van der Waals surface area contributed by atoms with Crippen molar-refractivity contribution < 1.29 is 19.2 Å². The minimum Gasteiger partial charge on any atom is -0.496 e. The maximum atomic E-state index is 11.8. The summed E-state index contributed by atoms with van der Waals surface area (Å²) >= 11 is 3.19. The van der Waals surface area contributed by atoms with Gasteiger partial charge >= 0.3 is 5.97 Å². The number of carbonyl (C=O) groups is 1. The number of alkyl halides is 1. The van der Waals surface area contributed by atoms with Crippen LogP contribution in [0.4, 0.5) is 5.69 Å². The number of hydrogen-bond donors (Lipinski definition) is 0. The molecule has 0 aliphatic carbocycles. The van der Waals surface area contributed by atoms with Gasteiger partial charge in [0.2, 0.25) is 0 Å². The molecular formula is C11H12BrNO5. The minimum atomic E-state index is -0.557. The van der Waals surface area contributed by atoms with Crippen LogP contribution in [0.3, 0.4) is 0 Å². The Morgan fingerprint density at radius 1 is 1.50 bits per heavy atom. The first-order chi connectivity index (χ1) is 8.54. The van der Waals surface area contributed by atoms with Crippen LogP contribution in [-0.2, 0) is 10.1 Å². The fourth-order valence-corrected chi connectivity index (χ4v) is 1.91. The Morgan fingerprint density at radius 2 is 2.17 bits per heavy atom. The van der Waals surface area contributed by atoms with Crippen molar-refractivity contribution in [3.8, 4) is 5.75 Å².